The van der Waals surface area contributed by atoms with E-state index in [-0.39, 0.29) is 12.1 Å². The van der Waals surface area contributed by atoms with Gasteiger partial charge < -0.3 is 4.74 Å². The predicted octanol–water partition coefficient (Wildman–Crippen LogP) is 2.88. The number of fused-ring (bicyclic) bond motifs is 1. The van der Waals surface area contributed by atoms with Crippen LogP contribution in [-0.4, -0.2) is 32.3 Å². The van der Waals surface area contributed by atoms with E-state index in [1.807, 2.05) is 46.8 Å². The molecular formula is C14H20N4O2. The van der Waals surface area contributed by atoms with E-state index in [1.165, 1.54) is 6.33 Å². The van der Waals surface area contributed by atoms with Crippen molar-refractivity contribution in [3.8, 4) is 0 Å². The van der Waals surface area contributed by atoms with Gasteiger partial charge in [0.15, 0.2) is 5.65 Å². The molecule has 108 valence electrons. The van der Waals surface area contributed by atoms with Gasteiger partial charge in [0, 0.05) is 18.3 Å². The molecule has 20 heavy (non-hydrogen) atoms. The van der Waals surface area contributed by atoms with Crippen LogP contribution in [0.4, 0.5) is 10.5 Å². The first-order valence-corrected chi connectivity index (χ1v) is 6.59. The molecule has 6 nitrogen and oxygen atoms in total. The SMILES string of the molecule is CC(C)N(C(=O)OC(C)(C)C)c1ccn2ncnc2c1. The first kappa shape index (κ1) is 14.3. The molecule has 0 aliphatic rings. The molecule has 0 aliphatic carbocycles. The van der Waals surface area contributed by atoms with Crippen LogP contribution in [0.3, 0.4) is 0 Å². The molecule has 0 spiro atoms. The van der Waals surface area contributed by atoms with Crippen molar-refractivity contribution in [3.05, 3.63) is 24.7 Å². The fourth-order valence-corrected chi connectivity index (χ4v) is 1.88. The molecule has 2 heterocycles. The van der Waals surface area contributed by atoms with Gasteiger partial charge in [0.2, 0.25) is 0 Å². The third-order valence-electron chi connectivity index (χ3n) is 2.65. The summed E-state index contributed by atoms with van der Waals surface area (Å²) < 4.78 is 7.10. The number of hydrogen-bond donors (Lipinski definition) is 0. The molecule has 0 fully saturated rings. The Morgan fingerprint density at radius 2 is 2.10 bits per heavy atom. The highest BCUT2D eigenvalue weighted by Crippen LogP contribution is 2.21. The summed E-state index contributed by atoms with van der Waals surface area (Å²) in [5.74, 6) is 0. The van der Waals surface area contributed by atoms with E-state index in [4.69, 9.17) is 4.74 Å². The molecule has 2 aromatic rings. The summed E-state index contributed by atoms with van der Waals surface area (Å²) in [6.45, 7) is 9.44. The van der Waals surface area contributed by atoms with Crippen LogP contribution in [0.25, 0.3) is 5.65 Å². The third-order valence-corrected chi connectivity index (χ3v) is 2.65. The summed E-state index contributed by atoms with van der Waals surface area (Å²) >= 11 is 0. The fourth-order valence-electron chi connectivity index (χ4n) is 1.88. The molecule has 2 rings (SSSR count). The van der Waals surface area contributed by atoms with E-state index in [2.05, 4.69) is 10.1 Å². The minimum atomic E-state index is -0.525. The molecule has 0 aliphatic heterocycles. The maximum atomic E-state index is 12.3. The molecule has 0 aromatic carbocycles. The Morgan fingerprint density at radius 3 is 2.70 bits per heavy atom. The highest BCUT2D eigenvalue weighted by Gasteiger charge is 2.25. The zero-order valence-electron chi connectivity index (χ0n) is 12.5. The van der Waals surface area contributed by atoms with Crippen molar-refractivity contribution in [2.75, 3.05) is 4.90 Å². The van der Waals surface area contributed by atoms with Crippen molar-refractivity contribution in [1.82, 2.24) is 14.6 Å². The van der Waals surface area contributed by atoms with Crippen molar-refractivity contribution in [1.29, 1.82) is 0 Å². The van der Waals surface area contributed by atoms with Gasteiger partial charge >= 0.3 is 6.09 Å². The number of nitrogens with zero attached hydrogens (tertiary/aromatic N) is 4. The number of carbonyl (C=O) groups is 1. The van der Waals surface area contributed by atoms with E-state index in [0.717, 1.165) is 5.69 Å². The average molecular weight is 276 g/mol. The Labute approximate surface area is 118 Å². The molecule has 0 bridgehead atoms. The van der Waals surface area contributed by atoms with Crippen molar-refractivity contribution in [3.63, 3.8) is 0 Å². The van der Waals surface area contributed by atoms with Crippen LogP contribution in [0.15, 0.2) is 24.7 Å². The highest BCUT2D eigenvalue weighted by molar-refractivity contribution is 5.89. The lowest BCUT2D eigenvalue weighted by atomic mass is 10.2. The number of rotatable bonds is 2. The second-order valence-corrected chi connectivity index (χ2v) is 5.89. The van der Waals surface area contributed by atoms with Crippen molar-refractivity contribution < 1.29 is 9.53 Å². The van der Waals surface area contributed by atoms with Gasteiger partial charge in [-0.2, -0.15) is 5.10 Å². The van der Waals surface area contributed by atoms with Crippen LogP contribution in [0, 0.1) is 0 Å². The monoisotopic (exact) mass is 276 g/mol. The van der Waals surface area contributed by atoms with Gasteiger partial charge in [-0.25, -0.2) is 14.3 Å². The summed E-state index contributed by atoms with van der Waals surface area (Å²) in [6.07, 6.45) is 2.89. The van der Waals surface area contributed by atoms with Gasteiger partial charge in [0.1, 0.15) is 11.9 Å². The molecule has 0 N–H and O–H groups in total. The lowest BCUT2D eigenvalue weighted by molar-refractivity contribution is 0.0570. The van der Waals surface area contributed by atoms with Gasteiger partial charge in [-0.05, 0) is 40.7 Å². The zero-order chi connectivity index (χ0) is 14.9. The first-order chi connectivity index (χ1) is 9.28. The van der Waals surface area contributed by atoms with Crippen LogP contribution in [0.1, 0.15) is 34.6 Å². The van der Waals surface area contributed by atoms with Gasteiger partial charge in [0.25, 0.3) is 0 Å². The van der Waals surface area contributed by atoms with Crippen LogP contribution < -0.4 is 4.90 Å². The third kappa shape index (κ3) is 3.07. The molecule has 0 radical (unpaired) electrons. The number of anilines is 1. The van der Waals surface area contributed by atoms with E-state index in [1.54, 1.807) is 15.6 Å². The van der Waals surface area contributed by atoms with Crippen LogP contribution in [0.2, 0.25) is 0 Å². The maximum Gasteiger partial charge on any atom is 0.415 e. The summed E-state index contributed by atoms with van der Waals surface area (Å²) in [5, 5.41) is 4.04. The Hall–Kier alpha value is -2.11. The van der Waals surface area contributed by atoms with Crippen LogP contribution in [-0.2, 0) is 4.74 Å². The van der Waals surface area contributed by atoms with E-state index >= 15 is 0 Å². The summed E-state index contributed by atoms with van der Waals surface area (Å²) in [6, 6.07) is 3.62. The summed E-state index contributed by atoms with van der Waals surface area (Å²) in [5.41, 5.74) is 0.912. The standard InChI is InChI=1S/C14H20N4O2/c1-10(2)18(13(19)20-14(3,4)5)11-6-7-17-12(8-11)15-9-16-17/h6-10H,1-5H3. The molecule has 1 amide bonds. The molecule has 0 saturated heterocycles. The number of carbonyl (C=O) groups excluding carboxylic acids is 1. The minimum Gasteiger partial charge on any atom is -0.443 e. The normalized spacial score (nSPS) is 11.9. The average Bonchev–Trinajstić information content (AvgIpc) is 2.73. The van der Waals surface area contributed by atoms with Gasteiger partial charge in [-0.15, -0.1) is 0 Å². The number of amides is 1. The van der Waals surface area contributed by atoms with Crippen molar-refractivity contribution in [2.24, 2.45) is 0 Å². The molecule has 0 saturated carbocycles. The molecular weight excluding hydrogens is 256 g/mol. The van der Waals surface area contributed by atoms with E-state index in [9.17, 15) is 4.79 Å². The van der Waals surface area contributed by atoms with Gasteiger partial charge in [-0.1, -0.05) is 0 Å². The van der Waals surface area contributed by atoms with Gasteiger partial charge in [0.05, 0.1) is 5.69 Å². The largest absolute Gasteiger partial charge is 0.443 e. The predicted molar refractivity (Wildman–Crippen MR) is 76.8 cm³/mol. The second kappa shape index (κ2) is 5.11. The van der Waals surface area contributed by atoms with Crippen LogP contribution >= 0.6 is 0 Å². The van der Waals surface area contributed by atoms with Crippen molar-refractivity contribution >= 4 is 17.4 Å². The zero-order valence-corrected chi connectivity index (χ0v) is 12.5. The topological polar surface area (TPSA) is 59.7 Å². The molecule has 0 unspecified atom stereocenters. The Kier molecular flexibility index (Phi) is 3.65. The lowest BCUT2D eigenvalue weighted by Gasteiger charge is -2.30. The quantitative estimate of drug-likeness (QED) is 0.846. The Morgan fingerprint density at radius 1 is 1.40 bits per heavy atom. The first-order valence-electron chi connectivity index (χ1n) is 6.59. The van der Waals surface area contributed by atoms with Crippen molar-refractivity contribution in [2.45, 2.75) is 46.3 Å². The molecule has 6 heteroatoms. The van der Waals surface area contributed by atoms with Crippen LogP contribution in [0.5, 0.6) is 0 Å². The summed E-state index contributed by atoms with van der Waals surface area (Å²) in [4.78, 5) is 18.1. The summed E-state index contributed by atoms with van der Waals surface area (Å²) in [7, 11) is 0. The second-order valence-electron chi connectivity index (χ2n) is 5.89. The van der Waals surface area contributed by atoms with E-state index < -0.39 is 5.60 Å². The number of aromatic nitrogens is 3. The molecule has 2 aromatic heterocycles. The minimum absolute atomic E-state index is 0.0183. The Bertz CT molecular complexity index is 613. The maximum absolute atomic E-state index is 12.3. The van der Waals surface area contributed by atoms with E-state index in [0.29, 0.717) is 5.65 Å². The Balaban J connectivity index is 2.34. The van der Waals surface area contributed by atoms with Gasteiger partial charge in [-0.3, -0.25) is 4.90 Å². The number of ether oxygens (including phenoxy) is 1. The fraction of sp³-hybridized carbons (Fsp3) is 0.500. The molecule has 0 atom stereocenters. The highest BCUT2D eigenvalue weighted by atomic mass is 16.6. The number of pyridine rings is 1. The number of hydrogen-bond acceptors (Lipinski definition) is 4. The lowest BCUT2D eigenvalue weighted by Crippen LogP contribution is -2.41. The smallest absolute Gasteiger partial charge is 0.415 e.